The van der Waals surface area contributed by atoms with Crippen molar-refractivity contribution in [1.82, 2.24) is 23.9 Å². The van der Waals surface area contributed by atoms with Gasteiger partial charge in [0.1, 0.15) is 18.3 Å². The average molecular weight is 619 g/mol. The maximum absolute atomic E-state index is 13.8. The molecule has 5 heterocycles. The van der Waals surface area contributed by atoms with Gasteiger partial charge < -0.3 is 28.8 Å². The van der Waals surface area contributed by atoms with E-state index in [4.69, 9.17) is 25.4 Å². The molecule has 41 heavy (non-hydrogen) atoms. The second-order valence-corrected chi connectivity index (χ2v) is 13.1. The van der Waals surface area contributed by atoms with Gasteiger partial charge in [0.05, 0.1) is 17.2 Å². The number of aliphatic hydroxyl groups is 1. The number of ether oxygens (including phenoxy) is 1. The molecule has 3 unspecified atom stereocenters. The summed E-state index contributed by atoms with van der Waals surface area (Å²) >= 11 is 5.94. The van der Waals surface area contributed by atoms with Gasteiger partial charge in [-0.25, -0.2) is 17.8 Å². The van der Waals surface area contributed by atoms with Crippen LogP contribution in [0.2, 0.25) is 5.02 Å². The van der Waals surface area contributed by atoms with Gasteiger partial charge in [-0.05, 0) is 29.8 Å². The molecule has 17 heteroatoms. The zero-order valence-electron chi connectivity index (χ0n) is 20.5. The van der Waals surface area contributed by atoms with Crippen LogP contribution in [-0.2, 0) is 28.2 Å². The number of rotatable bonds is 4. The number of nitrogens with one attached hydrogen (secondary N) is 1. The maximum atomic E-state index is 13.8. The molecule has 14 nitrogen and oxygen atoms in total. The van der Waals surface area contributed by atoms with Crippen LogP contribution in [0.1, 0.15) is 6.23 Å². The van der Waals surface area contributed by atoms with Crippen molar-refractivity contribution in [3.8, 4) is 11.3 Å². The summed E-state index contributed by atoms with van der Waals surface area (Å²) in [6.07, 6.45) is -4.23. The van der Waals surface area contributed by atoms with E-state index in [2.05, 4.69) is 15.0 Å². The number of fused-ring (bicyclic) bond motifs is 3. The topological polar surface area (TPSA) is 190 Å². The Labute approximate surface area is 235 Å². The summed E-state index contributed by atoms with van der Waals surface area (Å²) in [5.41, 5.74) is 0.0808. The van der Waals surface area contributed by atoms with Crippen molar-refractivity contribution >= 4 is 46.2 Å². The van der Waals surface area contributed by atoms with Crippen LogP contribution in [0.3, 0.4) is 0 Å². The first-order valence-corrected chi connectivity index (χ1v) is 15.4. The molecule has 0 spiro atoms. The Morgan fingerprint density at radius 1 is 1.12 bits per heavy atom. The number of imidazole rings is 2. The SMILES string of the molecule is O=c1c2nc(S(=O)(=O)c3ccc(Cl)cc3)n([C@@H]3OC4COP(=O)([O-])O[C@H]4C3O)c2nc2[nH]c(-c3ccccc3)cn12. The summed E-state index contributed by atoms with van der Waals surface area (Å²) in [5, 5.41) is 10.8. The number of aromatic nitrogens is 5. The van der Waals surface area contributed by atoms with Crippen LogP contribution in [0.4, 0.5) is 0 Å². The van der Waals surface area contributed by atoms with E-state index in [1.54, 1.807) is 0 Å². The number of phosphoric ester groups is 1. The van der Waals surface area contributed by atoms with Gasteiger partial charge in [-0.2, -0.15) is 4.98 Å². The molecular formula is C24H18ClN5O9PS-. The Balaban J connectivity index is 1.46. The summed E-state index contributed by atoms with van der Waals surface area (Å²) < 4.78 is 57.2. The minimum atomic E-state index is -4.73. The lowest BCUT2D eigenvalue weighted by molar-refractivity contribution is -0.245. The van der Waals surface area contributed by atoms with Gasteiger partial charge in [-0.3, -0.25) is 13.9 Å². The minimum absolute atomic E-state index is 0.0616. The van der Waals surface area contributed by atoms with Gasteiger partial charge >= 0.3 is 0 Å². The smallest absolute Gasteiger partial charge is 0.287 e. The molecule has 0 amide bonds. The summed E-state index contributed by atoms with van der Waals surface area (Å²) in [5.74, 6) is 0.0616. The molecule has 5 atom stereocenters. The van der Waals surface area contributed by atoms with Crippen molar-refractivity contribution in [3.05, 3.63) is 76.2 Å². The predicted molar refractivity (Wildman–Crippen MR) is 140 cm³/mol. The highest BCUT2D eigenvalue weighted by Gasteiger charge is 2.52. The number of phosphoric acid groups is 1. The molecule has 0 saturated carbocycles. The van der Waals surface area contributed by atoms with Gasteiger partial charge in [0.25, 0.3) is 13.4 Å². The highest BCUT2D eigenvalue weighted by atomic mass is 35.5. The Morgan fingerprint density at radius 3 is 2.59 bits per heavy atom. The first-order valence-electron chi connectivity index (χ1n) is 12.1. The highest BCUT2D eigenvalue weighted by Crippen LogP contribution is 2.50. The largest absolute Gasteiger partial charge is 0.756 e. The van der Waals surface area contributed by atoms with Crippen LogP contribution < -0.4 is 10.5 Å². The number of hydrogen-bond donors (Lipinski definition) is 2. The standard InChI is InChI=1S/C24H19ClN5O9PS/c25-13-6-8-14(9-7-13)41(35,36)24-27-17-20(30(24)22-18(31)19-16(38-22)11-37-40(33,34)39-19)28-23-26-15(10-29(23)21(17)32)12-4-2-1-3-5-12/h1-10,16,18-19,22,31H,11H2,(H,26,28)(H,33,34)/p-1/t16?,18?,19-,22-/m1/s1. The molecule has 2 aromatic carbocycles. The quantitative estimate of drug-likeness (QED) is 0.279. The highest BCUT2D eigenvalue weighted by molar-refractivity contribution is 7.91. The summed E-state index contributed by atoms with van der Waals surface area (Å²) in [7, 11) is -9.19. The van der Waals surface area contributed by atoms with Crippen molar-refractivity contribution in [1.29, 1.82) is 0 Å². The number of benzene rings is 2. The summed E-state index contributed by atoms with van der Waals surface area (Å²) in [4.78, 5) is 37.1. The third-order valence-corrected chi connectivity index (χ3v) is 9.76. The van der Waals surface area contributed by atoms with Crippen LogP contribution >= 0.6 is 19.4 Å². The fourth-order valence-corrected chi connectivity index (χ4v) is 7.39. The molecule has 5 aromatic rings. The van der Waals surface area contributed by atoms with E-state index in [1.165, 1.54) is 34.9 Å². The van der Waals surface area contributed by atoms with Crippen molar-refractivity contribution < 1.29 is 36.8 Å². The van der Waals surface area contributed by atoms with E-state index >= 15 is 0 Å². The Hall–Kier alpha value is -3.40. The Bertz CT molecular complexity index is 2050. The first kappa shape index (κ1) is 26.5. The van der Waals surface area contributed by atoms with Gasteiger partial charge in [0, 0.05) is 11.2 Å². The van der Waals surface area contributed by atoms with E-state index < -0.39 is 59.5 Å². The van der Waals surface area contributed by atoms with E-state index in [9.17, 15) is 27.8 Å². The monoisotopic (exact) mass is 618 g/mol. The maximum Gasteiger partial charge on any atom is 0.287 e. The van der Waals surface area contributed by atoms with E-state index in [-0.39, 0.29) is 21.8 Å². The third-order valence-electron chi connectivity index (χ3n) is 6.88. The Morgan fingerprint density at radius 2 is 1.85 bits per heavy atom. The number of H-pyrrole nitrogens is 1. The summed E-state index contributed by atoms with van der Waals surface area (Å²) in [6.45, 7) is -0.470. The van der Waals surface area contributed by atoms with E-state index in [1.807, 2.05) is 30.3 Å². The van der Waals surface area contributed by atoms with Crippen LogP contribution in [0.25, 0.3) is 28.2 Å². The fraction of sp³-hybridized carbons (Fsp3) is 0.208. The van der Waals surface area contributed by atoms with Crippen molar-refractivity contribution in [2.24, 2.45) is 0 Å². The van der Waals surface area contributed by atoms with Crippen LogP contribution in [0.15, 0.2) is 75.6 Å². The summed E-state index contributed by atoms with van der Waals surface area (Å²) in [6, 6.07) is 14.4. The van der Waals surface area contributed by atoms with Gasteiger partial charge in [0.15, 0.2) is 17.4 Å². The molecule has 2 aliphatic heterocycles. The van der Waals surface area contributed by atoms with Crippen molar-refractivity contribution in [2.45, 2.75) is 34.6 Å². The number of sulfone groups is 1. The van der Waals surface area contributed by atoms with Crippen molar-refractivity contribution in [2.75, 3.05) is 6.61 Å². The Kier molecular flexibility index (Phi) is 6.01. The molecule has 3 aromatic heterocycles. The first-order chi connectivity index (χ1) is 19.5. The van der Waals surface area contributed by atoms with Crippen LogP contribution in [-0.4, -0.2) is 62.4 Å². The normalized spacial score (nSPS) is 26.5. The zero-order valence-corrected chi connectivity index (χ0v) is 23.0. The van der Waals surface area contributed by atoms with Gasteiger partial charge in [0.2, 0.25) is 20.8 Å². The number of aromatic amines is 1. The second-order valence-electron chi connectivity index (χ2n) is 9.41. The van der Waals surface area contributed by atoms with Crippen molar-refractivity contribution in [3.63, 3.8) is 0 Å². The van der Waals surface area contributed by atoms with Crippen LogP contribution in [0, 0.1) is 0 Å². The average Bonchev–Trinajstić information content (AvgIpc) is 3.64. The number of hydrogen-bond acceptors (Lipinski definition) is 11. The molecule has 0 aliphatic carbocycles. The van der Waals surface area contributed by atoms with E-state index in [0.29, 0.717) is 10.7 Å². The van der Waals surface area contributed by atoms with E-state index in [0.717, 1.165) is 10.1 Å². The lowest BCUT2D eigenvalue weighted by Gasteiger charge is -2.34. The molecule has 0 radical (unpaired) electrons. The number of aliphatic hydroxyl groups excluding tert-OH is 1. The van der Waals surface area contributed by atoms with Gasteiger partial charge in [-0.15, -0.1) is 0 Å². The third kappa shape index (κ3) is 4.24. The molecule has 212 valence electrons. The minimum Gasteiger partial charge on any atom is -0.756 e. The molecular weight excluding hydrogens is 601 g/mol. The molecule has 2 N–H and O–H groups in total. The molecule has 7 rings (SSSR count). The fourth-order valence-electron chi connectivity index (χ4n) is 4.95. The predicted octanol–water partition coefficient (Wildman–Crippen LogP) is 1.67. The second kappa shape index (κ2) is 9.31. The van der Waals surface area contributed by atoms with Crippen LogP contribution in [0.5, 0.6) is 0 Å². The lowest BCUT2D eigenvalue weighted by atomic mass is 10.1. The molecule has 2 aliphatic rings. The molecule has 2 fully saturated rings. The molecule has 2 saturated heterocycles. The van der Waals surface area contributed by atoms with Gasteiger partial charge in [-0.1, -0.05) is 41.9 Å². The lowest BCUT2D eigenvalue weighted by Crippen LogP contribution is -2.41. The zero-order chi connectivity index (χ0) is 28.7. The number of halogens is 1. The molecule has 0 bridgehead atoms. The number of nitrogens with zero attached hydrogens (tertiary/aromatic N) is 4.